The van der Waals surface area contributed by atoms with E-state index in [4.69, 9.17) is 10.2 Å². The second-order valence-corrected chi connectivity index (χ2v) is 3.82. The fourth-order valence-electron chi connectivity index (χ4n) is 1.74. The van der Waals surface area contributed by atoms with Gasteiger partial charge in [0.1, 0.15) is 0 Å². The first-order valence-electron chi connectivity index (χ1n) is 5.10. The minimum Gasteiger partial charge on any atom is -0.481 e. The third-order valence-corrected chi connectivity index (χ3v) is 2.61. The van der Waals surface area contributed by atoms with Crippen LogP contribution in [0.4, 0.5) is 0 Å². The van der Waals surface area contributed by atoms with Crippen LogP contribution in [0.25, 0.3) is 10.9 Å². The van der Waals surface area contributed by atoms with Crippen LogP contribution in [0.3, 0.4) is 0 Å². The molecular formula is C12H11NO4. The summed E-state index contributed by atoms with van der Waals surface area (Å²) in [5, 5.41) is 18.5. The summed E-state index contributed by atoms with van der Waals surface area (Å²) in [5.41, 5.74) is 1.48. The number of fused-ring (bicyclic) bond motifs is 1. The number of carboxylic acid groups (broad SMARTS) is 2. The second-order valence-electron chi connectivity index (χ2n) is 3.82. The lowest BCUT2D eigenvalue weighted by atomic mass is 10.0. The largest absolute Gasteiger partial charge is 0.481 e. The van der Waals surface area contributed by atoms with Crippen molar-refractivity contribution in [2.75, 3.05) is 0 Å². The van der Waals surface area contributed by atoms with Crippen LogP contribution in [0.2, 0.25) is 0 Å². The standard InChI is InChI=1S/C12H11NO4/c14-11(15)9(12(16)17)6-8-5-7-3-1-2-4-10(7)13-8/h1-5,9,13H,6H2,(H,14,15)(H,16,17). The molecular weight excluding hydrogens is 222 g/mol. The molecule has 3 N–H and O–H groups in total. The summed E-state index contributed by atoms with van der Waals surface area (Å²) in [6.07, 6.45) is -0.0423. The lowest BCUT2D eigenvalue weighted by Gasteiger charge is -2.04. The highest BCUT2D eigenvalue weighted by Gasteiger charge is 2.26. The zero-order valence-corrected chi connectivity index (χ0v) is 8.88. The number of para-hydroxylation sites is 1. The predicted octanol–water partition coefficient (Wildman–Crippen LogP) is 1.50. The van der Waals surface area contributed by atoms with E-state index < -0.39 is 17.9 Å². The highest BCUT2D eigenvalue weighted by Crippen LogP contribution is 2.17. The summed E-state index contributed by atoms with van der Waals surface area (Å²) in [7, 11) is 0. The van der Waals surface area contributed by atoms with Crippen LogP contribution < -0.4 is 0 Å². The molecule has 0 aliphatic heterocycles. The Bertz CT molecular complexity index is 526. The average molecular weight is 233 g/mol. The first-order valence-corrected chi connectivity index (χ1v) is 5.10. The number of nitrogens with one attached hydrogen (secondary N) is 1. The van der Waals surface area contributed by atoms with Gasteiger partial charge < -0.3 is 15.2 Å². The van der Waals surface area contributed by atoms with Gasteiger partial charge in [0.15, 0.2) is 5.92 Å². The third kappa shape index (κ3) is 2.28. The van der Waals surface area contributed by atoms with Gasteiger partial charge in [0.05, 0.1) is 0 Å². The molecule has 1 heterocycles. The van der Waals surface area contributed by atoms with Crippen molar-refractivity contribution in [3.8, 4) is 0 Å². The summed E-state index contributed by atoms with van der Waals surface area (Å²) in [6, 6.07) is 9.23. The van der Waals surface area contributed by atoms with Gasteiger partial charge in [-0.05, 0) is 17.5 Å². The average Bonchev–Trinajstić information content (AvgIpc) is 2.67. The van der Waals surface area contributed by atoms with Crippen LogP contribution in [0.15, 0.2) is 30.3 Å². The maximum absolute atomic E-state index is 10.8. The molecule has 0 aliphatic rings. The molecule has 5 nitrogen and oxygen atoms in total. The number of aliphatic carboxylic acids is 2. The van der Waals surface area contributed by atoms with Crippen molar-refractivity contribution in [3.63, 3.8) is 0 Å². The van der Waals surface area contributed by atoms with E-state index in [0.717, 1.165) is 10.9 Å². The summed E-state index contributed by atoms with van der Waals surface area (Å²) < 4.78 is 0. The molecule has 2 rings (SSSR count). The normalized spacial score (nSPS) is 10.9. The number of aromatic nitrogens is 1. The molecule has 0 bridgehead atoms. The number of carboxylic acids is 2. The van der Waals surface area contributed by atoms with Crippen LogP contribution in [-0.2, 0) is 16.0 Å². The zero-order valence-electron chi connectivity index (χ0n) is 8.88. The molecule has 88 valence electrons. The Morgan fingerprint density at radius 3 is 2.41 bits per heavy atom. The Hall–Kier alpha value is -2.30. The fraction of sp³-hybridized carbons (Fsp3) is 0.167. The van der Waals surface area contributed by atoms with Crippen LogP contribution in [0, 0.1) is 5.92 Å². The van der Waals surface area contributed by atoms with E-state index in [9.17, 15) is 9.59 Å². The summed E-state index contributed by atoms with van der Waals surface area (Å²) in [6.45, 7) is 0. The fourth-order valence-corrected chi connectivity index (χ4v) is 1.74. The van der Waals surface area contributed by atoms with Crippen LogP contribution in [-0.4, -0.2) is 27.1 Å². The number of rotatable bonds is 4. The van der Waals surface area contributed by atoms with Gasteiger partial charge in [-0.2, -0.15) is 0 Å². The molecule has 0 radical (unpaired) electrons. The molecule has 0 saturated carbocycles. The Kier molecular flexibility index (Phi) is 2.82. The maximum atomic E-state index is 10.8. The number of hydrogen-bond donors (Lipinski definition) is 3. The van der Waals surface area contributed by atoms with Crippen molar-refractivity contribution in [2.24, 2.45) is 5.92 Å². The minimum atomic E-state index is -1.41. The van der Waals surface area contributed by atoms with Gasteiger partial charge in [0.25, 0.3) is 0 Å². The molecule has 0 fully saturated rings. The number of aromatic amines is 1. The highest BCUT2D eigenvalue weighted by molar-refractivity contribution is 5.93. The Balaban J connectivity index is 2.28. The highest BCUT2D eigenvalue weighted by atomic mass is 16.4. The molecule has 1 aromatic heterocycles. The third-order valence-electron chi connectivity index (χ3n) is 2.61. The number of H-pyrrole nitrogens is 1. The first-order chi connectivity index (χ1) is 8.08. The van der Waals surface area contributed by atoms with Gasteiger partial charge in [-0.15, -0.1) is 0 Å². The van der Waals surface area contributed by atoms with Gasteiger partial charge in [-0.3, -0.25) is 9.59 Å². The van der Waals surface area contributed by atoms with Crippen molar-refractivity contribution < 1.29 is 19.8 Å². The molecule has 0 aliphatic carbocycles. The Morgan fingerprint density at radius 2 is 1.82 bits per heavy atom. The molecule has 0 amide bonds. The van der Waals surface area contributed by atoms with Gasteiger partial charge in [-0.25, -0.2) is 0 Å². The monoisotopic (exact) mass is 233 g/mol. The van der Waals surface area contributed by atoms with E-state index in [1.807, 2.05) is 24.3 Å². The van der Waals surface area contributed by atoms with Crippen molar-refractivity contribution in [3.05, 3.63) is 36.0 Å². The van der Waals surface area contributed by atoms with E-state index in [1.165, 1.54) is 0 Å². The quantitative estimate of drug-likeness (QED) is 0.698. The molecule has 0 atom stereocenters. The molecule has 0 saturated heterocycles. The summed E-state index contributed by atoms with van der Waals surface area (Å²) >= 11 is 0. The number of hydrogen-bond acceptors (Lipinski definition) is 2. The lowest BCUT2D eigenvalue weighted by molar-refractivity contribution is -0.154. The summed E-state index contributed by atoms with van der Waals surface area (Å²) in [4.78, 5) is 24.5. The smallest absolute Gasteiger partial charge is 0.318 e. The maximum Gasteiger partial charge on any atom is 0.318 e. The number of carbonyl (C=O) groups is 2. The molecule has 0 unspecified atom stereocenters. The van der Waals surface area contributed by atoms with E-state index in [2.05, 4.69) is 4.98 Å². The Labute approximate surface area is 96.7 Å². The van der Waals surface area contributed by atoms with E-state index >= 15 is 0 Å². The van der Waals surface area contributed by atoms with Crippen molar-refractivity contribution in [1.29, 1.82) is 0 Å². The predicted molar refractivity (Wildman–Crippen MR) is 60.8 cm³/mol. The van der Waals surface area contributed by atoms with Crippen LogP contribution >= 0.6 is 0 Å². The van der Waals surface area contributed by atoms with E-state index in [-0.39, 0.29) is 6.42 Å². The second kappa shape index (κ2) is 4.29. The molecule has 2 aromatic rings. The molecule has 0 spiro atoms. The van der Waals surface area contributed by atoms with Gasteiger partial charge in [-0.1, -0.05) is 18.2 Å². The SMILES string of the molecule is O=C(O)C(Cc1cc2ccccc2[nH]1)C(=O)O. The van der Waals surface area contributed by atoms with Crippen molar-refractivity contribution in [1.82, 2.24) is 4.98 Å². The number of benzene rings is 1. The molecule has 5 heteroatoms. The van der Waals surface area contributed by atoms with Gasteiger partial charge in [0.2, 0.25) is 0 Å². The van der Waals surface area contributed by atoms with E-state index in [0.29, 0.717) is 5.69 Å². The van der Waals surface area contributed by atoms with Gasteiger partial charge >= 0.3 is 11.9 Å². The Morgan fingerprint density at radius 1 is 1.18 bits per heavy atom. The first kappa shape index (κ1) is 11.2. The molecule has 1 aromatic carbocycles. The minimum absolute atomic E-state index is 0.0423. The van der Waals surface area contributed by atoms with Crippen molar-refractivity contribution in [2.45, 2.75) is 6.42 Å². The van der Waals surface area contributed by atoms with Crippen LogP contribution in [0.1, 0.15) is 5.69 Å². The molecule has 17 heavy (non-hydrogen) atoms. The zero-order chi connectivity index (χ0) is 12.4. The van der Waals surface area contributed by atoms with Gasteiger partial charge in [0, 0.05) is 17.6 Å². The lowest BCUT2D eigenvalue weighted by Crippen LogP contribution is -2.25. The summed E-state index contributed by atoms with van der Waals surface area (Å²) in [5.74, 6) is -4.06. The van der Waals surface area contributed by atoms with E-state index in [1.54, 1.807) is 6.07 Å². The topological polar surface area (TPSA) is 90.4 Å². The van der Waals surface area contributed by atoms with Crippen LogP contribution in [0.5, 0.6) is 0 Å². The van der Waals surface area contributed by atoms with Crippen molar-refractivity contribution >= 4 is 22.8 Å².